The van der Waals surface area contributed by atoms with Gasteiger partial charge in [0.2, 0.25) is 5.54 Å². The van der Waals surface area contributed by atoms with E-state index in [0.717, 1.165) is 0 Å². The van der Waals surface area contributed by atoms with E-state index in [1.165, 1.54) is 13.8 Å². The summed E-state index contributed by atoms with van der Waals surface area (Å²) >= 11 is 0. The average Bonchev–Trinajstić information content (AvgIpc) is 2.00. The molecule has 0 amide bonds. The van der Waals surface area contributed by atoms with Crippen molar-refractivity contribution in [1.82, 2.24) is 0 Å². The third kappa shape index (κ3) is 3.43. The second-order valence-electron chi connectivity index (χ2n) is 3.27. The van der Waals surface area contributed by atoms with E-state index in [9.17, 15) is 14.9 Å². The SMILES string of the molecule is CC(C)(CCC(=O)CO)[N+](=O)[O-]. The van der Waals surface area contributed by atoms with Crippen molar-refractivity contribution >= 4 is 5.78 Å². The van der Waals surface area contributed by atoms with Gasteiger partial charge in [0.1, 0.15) is 6.61 Å². The maximum Gasteiger partial charge on any atom is 0.217 e. The van der Waals surface area contributed by atoms with E-state index < -0.39 is 17.1 Å². The first-order valence-corrected chi connectivity index (χ1v) is 3.67. The summed E-state index contributed by atoms with van der Waals surface area (Å²) in [4.78, 5) is 20.5. The summed E-state index contributed by atoms with van der Waals surface area (Å²) in [6.07, 6.45) is 0.226. The maximum absolute atomic E-state index is 10.6. The number of hydrogen-bond acceptors (Lipinski definition) is 4. The van der Waals surface area contributed by atoms with Crippen LogP contribution in [0, 0.1) is 10.1 Å². The largest absolute Gasteiger partial charge is 0.389 e. The topological polar surface area (TPSA) is 80.4 Å². The van der Waals surface area contributed by atoms with Gasteiger partial charge in [-0.3, -0.25) is 14.9 Å². The summed E-state index contributed by atoms with van der Waals surface area (Å²) in [5.41, 5.74) is -1.08. The minimum absolute atomic E-state index is 0.0600. The summed E-state index contributed by atoms with van der Waals surface area (Å²) < 4.78 is 0. The Hall–Kier alpha value is -0.970. The van der Waals surface area contributed by atoms with Crippen LogP contribution in [0.25, 0.3) is 0 Å². The number of nitrogens with zero attached hydrogens (tertiary/aromatic N) is 1. The van der Waals surface area contributed by atoms with Crippen LogP contribution in [-0.4, -0.2) is 28.0 Å². The van der Waals surface area contributed by atoms with Gasteiger partial charge in [0.25, 0.3) is 0 Å². The smallest absolute Gasteiger partial charge is 0.217 e. The first-order valence-electron chi connectivity index (χ1n) is 3.67. The van der Waals surface area contributed by atoms with Crippen molar-refractivity contribution in [2.45, 2.75) is 32.2 Å². The Morgan fingerprint density at radius 3 is 2.42 bits per heavy atom. The molecule has 0 radical (unpaired) electrons. The molecular weight excluding hydrogens is 162 g/mol. The van der Waals surface area contributed by atoms with E-state index in [2.05, 4.69) is 0 Å². The van der Waals surface area contributed by atoms with Gasteiger partial charge in [0.15, 0.2) is 5.78 Å². The molecule has 0 saturated heterocycles. The number of carbonyl (C=O) groups is 1. The van der Waals surface area contributed by atoms with Crippen molar-refractivity contribution in [3.63, 3.8) is 0 Å². The third-order valence-electron chi connectivity index (χ3n) is 1.69. The van der Waals surface area contributed by atoms with Gasteiger partial charge in [-0.2, -0.15) is 0 Å². The van der Waals surface area contributed by atoms with Gasteiger partial charge in [-0.1, -0.05) is 0 Å². The first-order chi connectivity index (χ1) is 5.40. The molecule has 0 aliphatic carbocycles. The van der Waals surface area contributed by atoms with E-state index in [0.29, 0.717) is 0 Å². The fourth-order valence-electron chi connectivity index (χ4n) is 0.616. The molecule has 0 fully saturated rings. The Labute approximate surface area is 70.5 Å². The molecule has 0 atom stereocenters. The van der Waals surface area contributed by atoms with E-state index >= 15 is 0 Å². The molecule has 12 heavy (non-hydrogen) atoms. The second kappa shape index (κ2) is 4.15. The van der Waals surface area contributed by atoms with E-state index in [-0.39, 0.29) is 18.6 Å². The van der Waals surface area contributed by atoms with Crippen LogP contribution in [0.2, 0.25) is 0 Å². The number of Topliss-reactive ketones (excluding diaryl/α,β-unsaturated/α-hetero) is 1. The minimum Gasteiger partial charge on any atom is -0.389 e. The van der Waals surface area contributed by atoms with Gasteiger partial charge >= 0.3 is 0 Å². The van der Waals surface area contributed by atoms with Crippen LogP contribution >= 0.6 is 0 Å². The lowest BCUT2D eigenvalue weighted by Gasteiger charge is -2.13. The molecule has 70 valence electrons. The highest BCUT2D eigenvalue weighted by molar-refractivity contribution is 5.79. The maximum atomic E-state index is 10.6. The van der Waals surface area contributed by atoms with Crippen LogP contribution in [0.15, 0.2) is 0 Å². The molecule has 0 aromatic heterocycles. The van der Waals surface area contributed by atoms with Crippen LogP contribution in [0.5, 0.6) is 0 Å². The highest BCUT2D eigenvalue weighted by atomic mass is 16.6. The molecule has 0 aliphatic rings. The number of ketones is 1. The lowest BCUT2D eigenvalue weighted by atomic mass is 9.98. The van der Waals surface area contributed by atoms with Crippen molar-refractivity contribution in [3.05, 3.63) is 10.1 Å². The summed E-state index contributed by atoms with van der Waals surface area (Å²) in [6.45, 7) is 2.38. The molecule has 5 heteroatoms. The standard InChI is InChI=1S/C7H13NO4/c1-7(2,8(11)12)4-3-6(10)5-9/h9H,3-5H2,1-2H3. The molecule has 1 N–H and O–H groups in total. The van der Waals surface area contributed by atoms with Crippen LogP contribution in [0.3, 0.4) is 0 Å². The Kier molecular flexibility index (Phi) is 3.82. The quantitative estimate of drug-likeness (QED) is 0.484. The number of aliphatic hydroxyl groups is 1. The predicted octanol–water partition coefficient (Wildman–Crippen LogP) is 0.383. The van der Waals surface area contributed by atoms with Gasteiger partial charge in [-0.05, 0) is 0 Å². The summed E-state index contributed by atoms with van der Waals surface area (Å²) in [5.74, 6) is -0.357. The van der Waals surface area contributed by atoms with Crippen molar-refractivity contribution in [3.8, 4) is 0 Å². The molecule has 0 unspecified atom stereocenters. The molecule has 0 aromatic carbocycles. The summed E-state index contributed by atoms with van der Waals surface area (Å²) in [5, 5.41) is 18.7. The van der Waals surface area contributed by atoms with Gasteiger partial charge in [0.05, 0.1) is 0 Å². The normalized spacial score (nSPS) is 11.2. The molecule has 0 heterocycles. The fourth-order valence-corrected chi connectivity index (χ4v) is 0.616. The van der Waals surface area contributed by atoms with Crippen LogP contribution < -0.4 is 0 Å². The Bertz CT molecular complexity index is 188. The monoisotopic (exact) mass is 175 g/mol. The average molecular weight is 175 g/mol. The van der Waals surface area contributed by atoms with Crippen molar-refractivity contribution < 1.29 is 14.8 Å². The van der Waals surface area contributed by atoms with Gasteiger partial charge in [-0.25, -0.2) is 0 Å². The number of rotatable bonds is 5. The van der Waals surface area contributed by atoms with E-state index in [1.54, 1.807) is 0 Å². The molecule has 0 rings (SSSR count). The molecule has 5 nitrogen and oxygen atoms in total. The Morgan fingerprint density at radius 1 is 1.58 bits per heavy atom. The summed E-state index contributed by atoms with van der Waals surface area (Å²) in [6, 6.07) is 0. The lowest BCUT2D eigenvalue weighted by Crippen LogP contribution is -2.31. The number of hydrogen-bond donors (Lipinski definition) is 1. The van der Waals surface area contributed by atoms with Crippen LogP contribution in [-0.2, 0) is 4.79 Å². The summed E-state index contributed by atoms with van der Waals surface area (Å²) in [7, 11) is 0. The third-order valence-corrected chi connectivity index (χ3v) is 1.69. The molecular formula is C7H13NO4. The van der Waals surface area contributed by atoms with Gasteiger partial charge in [0, 0.05) is 31.6 Å². The zero-order valence-electron chi connectivity index (χ0n) is 7.24. The highest BCUT2D eigenvalue weighted by Crippen LogP contribution is 2.15. The minimum atomic E-state index is -1.08. The van der Waals surface area contributed by atoms with Gasteiger partial charge in [-0.15, -0.1) is 0 Å². The molecule has 0 bridgehead atoms. The molecule has 0 aromatic rings. The molecule has 0 saturated carbocycles. The second-order valence-corrected chi connectivity index (χ2v) is 3.27. The number of nitro groups is 1. The Balaban J connectivity index is 3.92. The Morgan fingerprint density at radius 2 is 2.08 bits per heavy atom. The number of carbonyl (C=O) groups excluding carboxylic acids is 1. The van der Waals surface area contributed by atoms with Crippen LogP contribution in [0.4, 0.5) is 0 Å². The molecule has 0 aliphatic heterocycles. The number of aliphatic hydroxyl groups excluding tert-OH is 1. The van der Waals surface area contributed by atoms with Gasteiger partial charge < -0.3 is 5.11 Å². The lowest BCUT2D eigenvalue weighted by molar-refractivity contribution is -0.561. The molecule has 0 spiro atoms. The zero-order chi connectivity index (χ0) is 9.78. The van der Waals surface area contributed by atoms with Crippen molar-refractivity contribution in [2.75, 3.05) is 6.61 Å². The van der Waals surface area contributed by atoms with Crippen LogP contribution in [0.1, 0.15) is 26.7 Å². The predicted molar refractivity (Wildman–Crippen MR) is 42.4 cm³/mol. The zero-order valence-corrected chi connectivity index (χ0v) is 7.24. The highest BCUT2D eigenvalue weighted by Gasteiger charge is 2.30. The first kappa shape index (κ1) is 11.0. The van der Waals surface area contributed by atoms with E-state index in [4.69, 9.17) is 5.11 Å². The van der Waals surface area contributed by atoms with Crippen molar-refractivity contribution in [2.24, 2.45) is 0 Å². The fraction of sp³-hybridized carbons (Fsp3) is 0.857. The van der Waals surface area contributed by atoms with E-state index in [1.807, 2.05) is 0 Å². The van der Waals surface area contributed by atoms with Crippen molar-refractivity contribution in [1.29, 1.82) is 0 Å².